The van der Waals surface area contributed by atoms with Gasteiger partial charge in [0.15, 0.2) is 0 Å². The molecule has 2 aromatic heterocycles. The van der Waals surface area contributed by atoms with Crippen LogP contribution in [0, 0.1) is 0 Å². The van der Waals surface area contributed by atoms with E-state index in [-0.39, 0.29) is 24.4 Å². The highest BCUT2D eigenvalue weighted by Gasteiger charge is 2.28. The van der Waals surface area contributed by atoms with Crippen molar-refractivity contribution in [1.82, 2.24) is 24.7 Å². The molecule has 142 valence electrons. The van der Waals surface area contributed by atoms with Gasteiger partial charge in [0.2, 0.25) is 5.91 Å². The average Bonchev–Trinajstić information content (AvgIpc) is 3.27. The Labute approximate surface area is 164 Å². The summed E-state index contributed by atoms with van der Waals surface area (Å²) in [5, 5.41) is 5.59. The van der Waals surface area contributed by atoms with Crippen molar-refractivity contribution in [1.29, 1.82) is 0 Å². The van der Waals surface area contributed by atoms with Crippen molar-refractivity contribution < 1.29 is 4.79 Å². The van der Waals surface area contributed by atoms with Gasteiger partial charge in [-0.05, 0) is 23.4 Å². The molecule has 2 aliphatic heterocycles. The lowest BCUT2D eigenvalue weighted by Crippen LogP contribution is -2.48. The maximum absolute atomic E-state index is 12.7. The van der Waals surface area contributed by atoms with Gasteiger partial charge in [0, 0.05) is 70.0 Å². The number of carbonyl (C=O) groups excluding carboxylic acids is 1. The number of hydrogen-bond donors (Lipinski definition) is 1. The minimum atomic E-state index is 0. The lowest BCUT2D eigenvalue weighted by molar-refractivity contribution is -0.132. The summed E-state index contributed by atoms with van der Waals surface area (Å²) in [4.78, 5) is 23.1. The summed E-state index contributed by atoms with van der Waals surface area (Å²) in [6, 6.07) is 2.40. The maximum Gasteiger partial charge on any atom is 0.224 e. The number of amides is 1. The van der Waals surface area contributed by atoms with Gasteiger partial charge in [-0.25, -0.2) is 4.98 Å². The first kappa shape index (κ1) is 19.4. The van der Waals surface area contributed by atoms with Gasteiger partial charge < -0.3 is 14.8 Å². The molecule has 1 atom stereocenters. The zero-order chi connectivity index (χ0) is 17.2. The summed E-state index contributed by atoms with van der Waals surface area (Å²) in [6.07, 6.45) is 5.42. The van der Waals surface area contributed by atoms with Crippen LogP contribution < -0.4 is 5.32 Å². The molecule has 0 spiro atoms. The van der Waals surface area contributed by atoms with Crippen LogP contribution in [0.2, 0.25) is 0 Å². The van der Waals surface area contributed by atoms with Crippen LogP contribution in [0.1, 0.15) is 28.7 Å². The Morgan fingerprint density at radius 1 is 1.42 bits per heavy atom. The fourth-order valence-corrected chi connectivity index (χ4v) is 4.72. The van der Waals surface area contributed by atoms with Crippen molar-refractivity contribution in [2.45, 2.75) is 25.4 Å². The predicted molar refractivity (Wildman–Crippen MR) is 106 cm³/mol. The molecule has 0 saturated carbocycles. The summed E-state index contributed by atoms with van der Waals surface area (Å²) in [7, 11) is 2.03. The molecular weight excluding hydrogens is 370 g/mol. The number of imidazole rings is 1. The van der Waals surface area contributed by atoms with Crippen LogP contribution in [-0.2, 0) is 24.8 Å². The van der Waals surface area contributed by atoms with E-state index in [1.807, 2.05) is 35.7 Å². The molecule has 8 heteroatoms. The summed E-state index contributed by atoms with van der Waals surface area (Å²) in [5.41, 5.74) is 1.33. The molecule has 0 aliphatic carbocycles. The third kappa shape index (κ3) is 3.96. The van der Waals surface area contributed by atoms with E-state index in [1.165, 1.54) is 10.4 Å². The van der Waals surface area contributed by atoms with E-state index < -0.39 is 0 Å². The molecule has 0 radical (unpaired) electrons. The predicted octanol–water partition coefficient (Wildman–Crippen LogP) is 1.82. The van der Waals surface area contributed by atoms with Crippen LogP contribution in [0.4, 0.5) is 0 Å². The van der Waals surface area contributed by atoms with Gasteiger partial charge in [-0.3, -0.25) is 9.69 Å². The van der Waals surface area contributed by atoms with Crippen molar-refractivity contribution in [2.75, 3.05) is 32.7 Å². The lowest BCUT2D eigenvalue weighted by Gasteiger charge is -2.36. The second-order valence-corrected chi connectivity index (χ2v) is 7.84. The van der Waals surface area contributed by atoms with E-state index in [2.05, 4.69) is 31.2 Å². The highest BCUT2D eigenvalue weighted by molar-refractivity contribution is 7.10. The van der Waals surface area contributed by atoms with E-state index in [9.17, 15) is 4.79 Å². The molecule has 4 rings (SSSR count). The molecule has 2 aromatic rings. The van der Waals surface area contributed by atoms with Crippen molar-refractivity contribution in [3.05, 3.63) is 40.1 Å². The van der Waals surface area contributed by atoms with Crippen molar-refractivity contribution >= 4 is 29.7 Å². The SMILES string of the molecule is Cl.Cn1ccnc1C1CNCCN1CCC(=O)N1CCc2sccc2C1. The largest absolute Gasteiger partial charge is 0.338 e. The number of hydrogen-bond acceptors (Lipinski definition) is 5. The molecule has 4 heterocycles. The van der Waals surface area contributed by atoms with E-state index >= 15 is 0 Å². The fraction of sp³-hybridized carbons (Fsp3) is 0.556. The smallest absolute Gasteiger partial charge is 0.224 e. The molecule has 1 fully saturated rings. The molecule has 26 heavy (non-hydrogen) atoms. The van der Waals surface area contributed by atoms with Gasteiger partial charge in [-0.1, -0.05) is 0 Å². The first-order chi connectivity index (χ1) is 12.2. The Balaban J connectivity index is 0.00000196. The third-order valence-corrected chi connectivity index (χ3v) is 6.31. The summed E-state index contributed by atoms with van der Waals surface area (Å²) >= 11 is 1.81. The summed E-state index contributed by atoms with van der Waals surface area (Å²) in [6.45, 7) is 5.25. The highest BCUT2D eigenvalue weighted by Crippen LogP contribution is 2.25. The first-order valence-electron chi connectivity index (χ1n) is 8.97. The van der Waals surface area contributed by atoms with Gasteiger partial charge in [0.05, 0.1) is 6.04 Å². The normalized spacial score (nSPS) is 20.5. The van der Waals surface area contributed by atoms with Crippen LogP contribution >= 0.6 is 23.7 Å². The highest BCUT2D eigenvalue weighted by atomic mass is 35.5. The second kappa shape index (κ2) is 8.52. The van der Waals surface area contributed by atoms with Crippen LogP contribution in [0.15, 0.2) is 23.8 Å². The summed E-state index contributed by atoms with van der Waals surface area (Å²) in [5.74, 6) is 1.34. The Bertz CT molecular complexity index is 746. The van der Waals surface area contributed by atoms with E-state index in [0.29, 0.717) is 6.42 Å². The summed E-state index contributed by atoms with van der Waals surface area (Å²) < 4.78 is 2.08. The Morgan fingerprint density at radius 3 is 3.12 bits per heavy atom. The Kier molecular flexibility index (Phi) is 6.34. The van der Waals surface area contributed by atoms with Gasteiger partial charge in [0.25, 0.3) is 0 Å². The number of nitrogens with one attached hydrogen (secondary N) is 1. The number of piperazine rings is 1. The zero-order valence-corrected chi connectivity index (χ0v) is 16.7. The number of aromatic nitrogens is 2. The van der Waals surface area contributed by atoms with Crippen LogP contribution in [0.5, 0.6) is 0 Å². The van der Waals surface area contributed by atoms with E-state index in [4.69, 9.17) is 0 Å². The minimum absolute atomic E-state index is 0. The topological polar surface area (TPSA) is 53.4 Å². The number of halogens is 1. The number of nitrogens with zero attached hydrogens (tertiary/aromatic N) is 4. The number of fused-ring (bicyclic) bond motifs is 1. The Hall–Kier alpha value is -1.41. The maximum atomic E-state index is 12.7. The average molecular weight is 396 g/mol. The third-order valence-electron chi connectivity index (χ3n) is 5.28. The molecule has 2 aliphatic rings. The molecule has 1 N–H and O–H groups in total. The van der Waals surface area contributed by atoms with Crippen LogP contribution in [-0.4, -0.2) is 58.0 Å². The molecule has 0 aromatic carbocycles. The standard InChI is InChI=1S/C18H25N5OS.ClH/c1-21-9-6-20-18(21)15-12-19-5-10-22(15)8-3-17(24)23-7-2-16-14(13-23)4-11-25-16;/h4,6,9,11,15,19H,2-3,5,7-8,10,12-13H2,1H3;1H. The van der Waals surface area contributed by atoms with Crippen LogP contribution in [0.25, 0.3) is 0 Å². The number of rotatable bonds is 4. The lowest BCUT2D eigenvalue weighted by atomic mass is 10.1. The van der Waals surface area contributed by atoms with Crippen LogP contribution in [0.3, 0.4) is 0 Å². The van der Waals surface area contributed by atoms with Gasteiger partial charge in [-0.2, -0.15) is 0 Å². The minimum Gasteiger partial charge on any atom is -0.338 e. The van der Waals surface area contributed by atoms with Crippen molar-refractivity contribution in [3.63, 3.8) is 0 Å². The molecular formula is C18H26ClN5OS. The Morgan fingerprint density at radius 2 is 2.31 bits per heavy atom. The van der Waals surface area contributed by atoms with Crippen molar-refractivity contribution in [3.8, 4) is 0 Å². The number of aryl methyl sites for hydroxylation is 1. The fourth-order valence-electron chi connectivity index (χ4n) is 3.83. The van der Waals surface area contributed by atoms with Gasteiger partial charge >= 0.3 is 0 Å². The molecule has 0 bridgehead atoms. The van der Waals surface area contributed by atoms with Gasteiger partial charge in [-0.15, -0.1) is 23.7 Å². The molecule has 1 saturated heterocycles. The van der Waals surface area contributed by atoms with Gasteiger partial charge in [0.1, 0.15) is 5.82 Å². The number of carbonyl (C=O) groups is 1. The molecule has 1 amide bonds. The monoisotopic (exact) mass is 395 g/mol. The first-order valence-corrected chi connectivity index (χ1v) is 9.85. The quantitative estimate of drug-likeness (QED) is 0.858. The number of thiophene rings is 1. The van der Waals surface area contributed by atoms with E-state index in [1.54, 1.807) is 0 Å². The zero-order valence-electron chi connectivity index (χ0n) is 15.1. The molecule has 6 nitrogen and oxygen atoms in total. The second-order valence-electron chi connectivity index (χ2n) is 6.84. The van der Waals surface area contributed by atoms with Crippen molar-refractivity contribution in [2.24, 2.45) is 7.05 Å². The van der Waals surface area contributed by atoms with E-state index in [0.717, 1.165) is 51.5 Å². The molecule has 1 unspecified atom stereocenters.